The number of amides is 1. The Bertz CT molecular complexity index is 928. The van der Waals surface area contributed by atoms with E-state index < -0.39 is 10.0 Å². The van der Waals surface area contributed by atoms with Gasteiger partial charge in [-0.15, -0.1) is 17.9 Å². The van der Waals surface area contributed by atoms with Crippen molar-refractivity contribution in [3.8, 4) is 0 Å². The van der Waals surface area contributed by atoms with Crippen molar-refractivity contribution in [2.75, 3.05) is 13.1 Å². The number of hydrogen-bond donors (Lipinski definition) is 2. The van der Waals surface area contributed by atoms with Crippen LogP contribution in [-0.2, 0) is 29.3 Å². The van der Waals surface area contributed by atoms with E-state index in [0.717, 1.165) is 30.7 Å². The largest absolute Gasteiger partial charge is 0.352 e. The number of rotatable bonds is 9. The molecule has 3 rings (SSSR count). The number of benzene rings is 1. The fourth-order valence-electron chi connectivity index (χ4n) is 3.11. The summed E-state index contributed by atoms with van der Waals surface area (Å²) in [5, 5.41) is 4.00. The van der Waals surface area contributed by atoms with E-state index in [1.165, 1.54) is 41.6 Å². The van der Waals surface area contributed by atoms with E-state index in [4.69, 9.17) is 4.98 Å². The predicted octanol–water partition coefficient (Wildman–Crippen LogP) is 2.85. The highest BCUT2D eigenvalue weighted by Crippen LogP contribution is 2.27. The van der Waals surface area contributed by atoms with Crippen LogP contribution in [0.5, 0.6) is 0 Å². The van der Waals surface area contributed by atoms with Crippen molar-refractivity contribution < 1.29 is 13.2 Å². The number of carbonyl (C=O) groups excluding carboxylic acids is 1. The van der Waals surface area contributed by atoms with Crippen molar-refractivity contribution in [2.24, 2.45) is 0 Å². The van der Waals surface area contributed by atoms with Crippen LogP contribution in [-0.4, -0.2) is 32.4 Å². The number of nitrogens with one attached hydrogen (secondary N) is 2. The van der Waals surface area contributed by atoms with Gasteiger partial charge in [-0.2, -0.15) is 0 Å². The molecule has 1 aromatic carbocycles. The van der Waals surface area contributed by atoms with Gasteiger partial charge < -0.3 is 5.32 Å². The maximum absolute atomic E-state index is 12.4. The van der Waals surface area contributed by atoms with E-state index in [-0.39, 0.29) is 17.3 Å². The van der Waals surface area contributed by atoms with Gasteiger partial charge >= 0.3 is 0 Å². The maximum atomic E-state index is 12.4. The van der Waals surface area contributed by atoms with Crippen LogP contribution in [0.1, 0.15) is 45.2 Å². The third-order valence-electron chi connectivity index (χ3n) is 4.57. The molecule has 150 valence electrons. The van der Waals surface area contributed by atoms with Crippen molar-refractivity contribution in [2.45, 2.75) is 43.4 Å². The molecule has 1 amide bonds. The van der Waals surface area contributed by atoms with Crippen LogP contribution in [0.25, 0.3) is 0 Å². The summed E-state index contributed by atoms with van der Waals surface area (Å²) < 4.78 is 26.7. The van der Waals surface area contributed by atoms with Crippen LogP contribution in [0.4, 0.5) is 0 Å². The number of carbonyl (C=O) groups is 1. The number of aryl methyl sites for hydroxylation is 3. The molecule has 8 heteroatoms. The molecule has 0 atom stereocenters. The fraction of sp³-hybridized carbons (Fsp3) is 0.400. The quantitative estimate of drug-likeness (QED) is 0.483. The molecule has 0 unspecified atom stereocenters. The normalized spacial score (nSPS) is 13.7. The Morgan fingerprint density at radius 2 is 2.11 bits per heavy atom. The number of hydrogen-bond acceptors (Lipinski definition) is 5. The zero-order valence-electron chi connectivity index (χ0n) is 15.7. The number of aromatic nitrogens is 1. The minimum Gasteiger partial charge on any atom is -0.352 e. The lowest BCUT2D eigenvalue weighted by molar-refractivity contribution is 0.0953. The van der Waals surface area contributed by atoms with E-state index in [1.54, 1.807) is 23.5 Å². The third-order valence-corrected chi connectivity index (χ3v) is 7.21. The van der Waals surface area contributed by atoms with Crippen LogP contribution >= 0.6 is 11.3 Å². The Morgan fingerprint density at radius 3 is 2.89 bits per heavy atom. The summed E-state index contributed by atoms with van der Waals surface area (Å²) in [5.74, 6) is -0.279. The molecule has 28 heavy (non-hydrogen) atoms. The first-order valence-electron chi connectivity index (χ1n) is 9.46. The molecule has 0 aliphatic heterocycles. The lowest BCUT2D eigenvalue weighted by Gasteiger charge is -2.08. The van der Waals surface area contributed by atoms with E-state index in [9.17, 15) is 13.2 Å². The van der Waals surface area contributed by atoms with E-state index in [1.807, 2.05) is 0 Å². The molecule has 0 radical (unpaired) electrons. The Kier molecular flexibility index (Phi) is 6.98. The van der Waals surface area contributed by atoms with Crippen LogP contribution < -0.4 is 10.0 Å². The van der Waals surface area contributed by atoms with E-state index in [0.29, 0.717) is 12.1 Å². The minimum absolute atomic E-state index is 0.0652. The standard InChI is InChI=1S/C20H25N3O3S2/c1-2-12-22-28(25,26)16-8-5-7-15(14-16)20(24)21-13-6-11-19-23-17-9-3-4-10-18(17)27-19/h2,5,7-8,14,22H,1,3-4,6,9-13H2,(H,21,24). The molecule has 1 aromatic heterocycles. The Morgan fingerprint density at radius 1 is 1.29 bits per heavy atom. The van der Waals surface area contributed by atoms with Crippen LogP contribution in [0.2, 0.25) is 0 Å². The van der Waals surface area contributed by atoms with Gasteiger partial charge in [-0.3, -0.25) is 4.79 Å². The van der Waals surface area contributed by atoms with Gasteiger partial charge in [0.2, 0.25) is 10.0 Å². The summed E-state index contributed by atoms with van der Waals surface area (Å²) in [7, 11) is -3.65. The van der Waals surface area contributed by atoms with E-state index in [2.05, 4.69) is 16.6 Å². The molecule has 0 fully saturated rings. The molecule has 1 aliphatic carbocycles. The van der Waals surface area contributed by atoms with Gasteiger partial charge in [0.15, 0.2) is 0 Å². The second-order valence-corrected chi connectivity index (χ2v) is 9.65. The average Bonchev–Trinajstić information content (AvgIpc) is 3.12. The second-order valence-electron chi connectivity index (χ2n) is 6.71. The Hall–Kier alpha value is -2.03. The van der Waals surface area contributed by atoms with E-state index >= 15 is 0 Å². The van der Waals surface area contributed by atoms with Crippen LogP contribution in [0.15, 0.2) is 41.8 Å². The van der Waals surface area contributed by atoms with Gasteiger partial charge in [0, 0.05) is 30.0 Å². The highest BCUT2D eigenvalue weighted by molar-refractivity contribution is 7.89. The summed E-state index contributed by atoms with van der Waals surface area (Å²) in [6.45, 7) is 4.15. The summed E-state index contributed by atoms with van der Waals surface area (Å²) in [6, 6.07) is 6.02. The molecule has 2 N–H and O–H groups in total. The monoisotopic (exact) mass is 419 g/mol. The number of fused-ring (bicyclic) bond motifs is 1. The highest BCUT2D eigenvalue weighted by atomic mass is 32.2. The second kappa shape index (κ2) is 9.45. The summed E-state index contributed by atoms with van der Waals surface area (Å²) in [6.07, 6.45) is 7.82. The fourth-order valence-corrected chi connectivity index (χ4v) is 5.35. The predicted molar refractivity (Wildman–Crippen MR) is 111 cm³/mol. The van der Waals surface area contributed by atoms with Gasteiger partial charge in [0.1, 0.15) is 0 Å². The molecule has 1 heterocycles. The average molecular weight is 420 g/mol. The molecule has 0 spiro atoms. The van der Waals surface area contributed by atoms with Gasteiger partial charge in [0.25, 0.3) is 5.91 Å². The zero-order valence-corrected chi connectivity index (χ0v) is 17.4. The van der Waals surface area contributed by atoms with Gasteiger partial charge in [-0.1, -0.05) is 12.1 Å². The Labute approximate surface area is 170 Å². The van der Waals surface area contributed by atoms with Crippen molar-refractivity contribution in [1.29, 1.82) is 0 Å². The molecular formula is C20H25N3O3S2. The van der Waals surface area contributed by atoms with Gasteiger partial charge in [-0.05, 0) is 50.3 Å². The van der Waals surface area contributed by atoms with Crippen molar-refractivity contribution in [3.05, 3.63) is 58.1 Å². The first-order chi connectivity index (χ1) is 13.5. The number of nitrogens with zero attached hydrogens (tertiary/aromatic N) is 1. The molecular weight excluding hydrogens is 394 g/mol. The number of thiazole rings is 1. The van der Waals surface area contributed by atoms with Crippen molar-refractivity contribution in [3.63, 3.8) is 0 Å². The summed E-state index contributed by atoms with van der Waals surface area (Å²) in [5.41, 5.74) is 1.59. The molecule has 1 aliphatic rings. The first kappa shape index (κ1) is 20.7. The molecule has 0 saturated carbocycles. The van der Waals surface area contributed by atoms with Gasteiger partial charge in [-0.25, -0.2) is 18.1 Å². The van der Waals surface area contributed by atoms with Crippen LogP contribution in [0, 0.1) is 0 Å². The summed E-state index contributed by atoms with van der Waals surface area (Å²) >= 11 is 1.80. The van der Waals surface area contributed by atoms with Crippen molar-refractivity contribution in [1.82, 2.24) is 15.0 Å². The smallest absolute Gasteiger partial charge is 0.251 e. The van der Waals surface area contributed by atoms with Crippen molar-refractivity contribution >= 4 is 27.3 Å². The lowest BCUT2D eigenvalue weighted by Crippen LogP contribution is -2.26. The molecule has 2 aromatic rings. The minimum atomic E-state index is -3.65. The molecule has 0 bridgehead atoms. The zero-order chi connectivity index (χ0) is 20.0. The lowest BCUT2D eigenvalue weighted by atomic mass is 10.0. The highest BCUT2D eigenvalue weighted by Gasteiger charge is 2.16. The summed E-state index contributed by atoms with van der Waals surface area (Å²) in [4.78, 5) is 18.6. The first-order valence-corrected chi connectivity index (χ1v) is 11.8. The Balaban J connectivity index is 1.51. The maximum Gasteiger partial charge on any atom is 0.251 e. The molecule has 0 saturated heterocycles. The molecule has 6 nitrogen and oxygen atoms in total. The SMILES string of the molecule is C=CCNS(=O)(=O)c1cccc(C(=O)NCCCc2nc3c(s2)CCCC3)c1. The third kappa shape index (κ3) is 5.27. The number of sulfonamides is 1. The van der Waals surface area contributed by atoms with Crippen LogP contribution in [0.3, 0.4) is 0 Å². The topological polar surface area (TPSA) is 88.2 Å². The van der Waals surface area contributed by atoms with Gasteiger partial charge in [0.05, 0.1) is 15.6 Å².